The maximum Gasteiger partial charge on any atom is 0.245 e. The number of H-pyrrole nitrogens is 1. The Labute approximate surface area is 118 Å². The molecule has 20 heavy (non-hydrogen) atoms. The number of nitrogens with zero attached hydrogens (tertiary/aromatic N) is 3. The van der Waals surface area contributed by atoms with Crippen molar-refractivity contribution < 1.29 is 8.42 Å². The molecule has 1 atom stereocenters. The van der Waals surface area contributed by atoms with Crippen molar-refractivity contribution >= 4 is 21.1 Å². The first-order valence-electron chi connectivity index (χ1n) is 6.90. The van der Waals surface area contributed by atoms with Crippen molar-refractivity contribution in [2.24, 2.45) is 5.92 Å². The largest absolute Gasteiger partial charge is 0.345 e. The highest BCUT2D eigenvalue weighted by Gasteiger charge is 2.31. The molecule has 0 spiro atoms. The maximum atomic E-state index is 12.8. The number of aromatic amines is 1. The molecule has 0 radical (unpaired) electrons. The van der Waals surface area contributed by atoms with Crippen LogP contribution in [0.25, 0.3) is 11.0 Å². The van der Waals surface area contributed by atoms with E-state index in [0.717, 1.165) is 19.3 Å². The zero-order valence-corrected chi connectivity index (χ0v) is 12.2. The van der Waals surface area contributed by atoms with Gasteiger partial charge in [0.15, 0.2) is 0 Å². The summed E-state index contributed by atoms with van der Waals surface area (Å²) in [5, 5.41) is 0.561. The molecule has 7 heteroatoms. The van der Waals surface area contributed by atoms with Crippen LogP contribution in [0.1, 0.15) is 26.2 Å². The maximum absolute atomic E-state index is 12.8. The number of sulfonamides is 1. The first kappa shape index (κ1) is 13.5. The Kier molecular flexibility index (Phi) is 3.47. The fourth-order valence-electron chi connectivity index (χ4n) is 2.77. The van der Waals surface area contributed by atoms with Crippen LogP contribution in [0, 0.1) is 5.92 Å². The van der Waals surface area contributed by atoms with E-state index in [2.05, 4.69) is 21.9 Å². The van der Waals surface area contributed by atoms with E-state index >= 15 is 0 Å². The van der Waals surface area contributed by atoms with E-state index < -0.39 is 10.0 Å². The highest BCUT2D eigenvalue weighted by molar-refractivity contribution is 7.89. The van der Waals surface area contributed by atoms with Crippen LogP contribution in [-0.4, -0.2) is 40.8 Å². The standard InChI is InChI=1S/C13H18N4O2S/c1-2-10-4-3-5-17(8-10)20(18,19)12-7-15-13-11(12)6-14-9-16-13/h6-7,9-10H,2-5,8H2,1H3,(H,14,15,16). The molecule has 0 saturated carbocycles. The predicted molar refractivity (Wildman–Crippen MR) is 75.7 cm³/mol. The van der Waals surface area contributed by atoms with Gasteiger partial charge in [-0.15, -0.1) is 0 Å². The van der Waals surface area contributed by atoms with Crippen molar-refractivity contribution in [1.82, 2.24) is 19.3 Å². The number of hydrogen-bond donors (Lipinski definition) is 1. The van der Waals surface area contributed by atoms with Crippen LogP contribution < -0.4 is 0 Å². The van der Waals surface area contributed by atoms with E-state index in [4.69, 9.17) is 0 Å². The molecule has 0 bridgehead atoms. The molecule has 1 fully saturated rings. The van der Waals surface area contributed by atoms with Gasteiger partial charge in [0.05, 0.1) is 5.39 Å². The van der Waals surface area contributed by atoms with Gasteiger partial charge in [0.2, 0.25) is 10.0 Å². The molecule has 108 valence electrons. The van der Waals surface area contributed by atoms with Gasteiger partial charge in [-0.3, -0.25) is 0 Å². The second-order valence-corrected chi connectivity index (χ2v) is 7.12. The minimum atomic E-state index is -3.47. The van der Waals surface area contributed by atoms with Gasteiger partial charge in [-0.1, -0.05) is 13.3 Å². The van der Waals surface area contributed by atoms with Crippen LogP contribution in [0.15, 0.2) is 23.6 Å². The Balaban J connectivity index is 1.99. The third-order valence-corrected chi connectivity index (χ3v) is 5.90. The molecule has 0 amide bonds. The molecule has 6 nitrogen and oxygen atoms in total. The number of piperidine rings is 1. The van der Waals surface area contributed by atoms with Crippen molar-refractivity contribution in [3.05, 3.63) is 18.7 Å². The minimum Gasteiger partial charge on any atom is -0.345 e. The number of hydrogen-bond acceptors (Lipinski definition) is 4. The second-order valence-electron chi connectivity index (χ2n) is 5.22. The molecule has 3 rings (SSSR count). The number of aromatic nitrogens is 3. The second kappa shape index (κ2) is 5.14. The van der Waals surface area contributed by atoms with Gasteiger partial charge in [0, 0.05) is 25.5 Å². The summed E-state index contributed by atoms with van der Waals surface area (Å²) >= 11 is 0. The molecular formula is C13H18N4O2S. The molecular weight excluding hydrogens is 276 g/mol. The van der Waals surface area contributed by atoms with E-state index in [-0.39, 0.29) is 4.90 Å². The van der Waals surface area contributed by atoms with Crippen molar-refractivity contribution in [1.29, 1.82) is 0 Å². The Morgan fingerprint density at radius 1 is 1.50 bits per heavy atom. The molecule has 1 aliphatic rings. The normalized spacial score (nSPS) is 21.4. The Bertz CT molecular complexity index is 710. The number of fused-ring (bicyclic) bond motifs is 1. The lowest BCUT2D eigenvalue weighted by Gasteiger charge is -2.31. The molecule has 1 unspecified atom stereocenters. The van der Waals surface area contributed by atoms with E-state index in [1.165, 1.54) is 12.5 Å². The SMILES string of the molecule is CCC1CCCN(S(=O)(=O)c2c[nH]c3ncncc23)C1. The summed E-state index contributed by atoms with van der Waals surface area (Å²) in [7, 11) is -3.47. The smallest absolute Gasteiger partial charge is 0.245 e. The fourth-order valence-corrected chi connectivity index (χ4v) is 4.46. The molecule has 3 heterocycles. The quantitative estimate of drug-likeness (QED) is 0.935. The number of nitrogens with one attached hydrogen (secondary N) is 1. The molecule has 2 aromatic rings. The van der Waals surface area contributed by atoms with Gasteiger partial charge in [0.1, 0.15) is 16.9 Å². The Morgan fingerprint density at radius 2 is 2.35 bits per heavy atom. The van der Waals surface area contributed by atoms with Gasteiger partial charge in [-0.25, -0.2) is 18.4 Å². The van der Waals surface area contributed by atoms with Crippen molar-refractivity contribution in [2.45, 2.75) is 31.1 Å². The molecule has 1 saturated heterocycles. The van der Waals surface area contributed by atoms with Gasteiger partial charge in [-0.2, -0.15) is 4.31 Å². The predicted octanol–water partition coefficient (Wildman–Crippen LogP) is 1.77. The lowest BCUT2D eigenvalue weighted by Crippen LogP contribution is -2.39. The van der Waals surface area contributed by atoms with E-state index in [1.54, 1.807) is 10.5 Å². The summed E-state index contributed by atoms with van der Waals surface area (Å²) in [6, 6.07) is 0. The average molecular weight is 294 g/mol. The van der Waals surface area contributed by atoms with Crippen LogP contribution >= 0.6 is 0 Å². The topological polar surface area (TPSA) is 79.0 Å². The van der Waals surface area contributed by atoms with Crippen LogP contribution in [0.5, 0.6) is 0 Å². The molecule has 0 aromatic carbocycles. The Hall–Kier alpha value is -1.47. The average Bonchev–Trinajstić information content (AvgIpc) is 2.92. The van der Waals surface area contributed by atoms with Gasteiger partial charge in [-0.05, 0) is 18.8 Å². The summed E-state index contributed by atoms with van der Waals surface area (Å²) in [5.74, 6) is 0.458. The third-order valence-electron chi connectivity index (χ3n) is 3.99. The molecule has 1 aliphatic heterocycles. The summed E-state index contributed by atoms with van der Waals surface area (Å²) in [5.41, 5.74) is 0.558. The van der Waals surface area contributed by atoms with Gasteiger partial charge >= 0.3 is 0 Å². The van der Waals surface area contributed by atoms with Crippen LogP contribution in [0.4, 0.5) is 0 Å². The van der Waals surface area contributed by atoms with E-state index in [9.17, 15) is 8.42 Å². The van der Waals surface area contributed by atoms with Crippen molar-refractivity contribution in [3.8, 4) is 0 Å². The fraction of sp³-hybridized carbons (Fsp3) is 0.538. The summed E-state index contributed by atoms with van der Waals surface area (Å²) in [6.45, 7) is 3.32. The third kappa shape index (κ3) is 2.20. The zero-order valence-electron chi connectivity index (χ0n) is 11.4. The van der Waals surface area contributed by atoms with Crippen LogP contribution in [0.3, 0.4) is 0 Å². The van der Waals surface area contributed by atoms with Crippen molar-refractivity contribution in [2.75, 3.05) is 13.1 Å². The van der Waals surface area contributed by atoms with E-state index in [1.807, 2.05) is 0 Å². The summed E-state index contributed by atoms with van der Waals surface area (Å²) in [6.07, 6.45) is 7.53. The molecule has 0 aliphatic carbocycles. The highest BCUT2D eigenvalue weighted by atomic mass is 32.2. The van der Waals surface area contributed by atoms with Gasteiger partial charge in [0.25, 0.3) is 0 Å². The lowest BCUT2D eigenvalue weighted by atomic mass is 9.97. The minimum absolute atomic E-state index is 0.282. The van der Waals surface area contributed by atoms with Crippen molar-refractivity contribution in [3.63, 3.8) is 0 Å². The Morgan fingerprint density at radius 3 is 3.15 bits per heavy atom. The first-order valence-corrected chi connectivity index (χ1v) is 8.34. The van der Waals surface area contributed by atoms with Crippen LogP contribution in [-0.2, 0) is 10.0 Å². The summed E-state index contributed by atoms with van der Waals surface area (Å²) < 4.78 is 27.1. The molecule has 2 aromatic heterocycles. The zero-order chi connectivity index (χ0) is 14.2. The monoisotopic (exact) mass is 294 g/mol. The summed E-state index contributed by atoms with van der Waals surface area (Å²) in [4.78, 5) is 11.1. The first-order chi connectivity index (χ1) is 9.63. The molecule has 1 N–H and O–H groups in total. The van der Waals surface area contributed by atoms with Gasteiger partial charge < -0.3 is 4.98 Å². The number of rotatable bonds is 3. The highest BCUT2D eigenvalue weighted by Crippen LogP contribution is 2.28. The van der Waals surface area contributed by atoms with Crippen LogP contribution in [0.2, 0.25) is 0 Å². The lowest BCUT2D eigenvalue weighted by molar-refractivity contribution is 0.261. The van der Waals surface area contributed by atoms with E-state index in [0.29, 0.717) is 30.0 Å².